The van der Waals surface area contributed by atoms with Crippen molar-refractivity contribution in [1.29, 1.82) is 0 Å². The minimum Gasteiger partial charge on any atom is -0.349 e. The van der Waals surface area contributed by atoms with Gasteiger partial charge in [-0.2, -0.15) is 0 Å². The first-order chi connectivity index (χ1) is 8.99. The Morgan fingerprint density at radius 3 is 2.89 bits per heavy atom. The van der Waals surface area contributed by atoms with Gasteiger partial charge in [-0.3, -0.25) is 14.9 Å². The molecular formula is C12H14ClN3O3. The Morgan fingerprint density at radius 2 is 2.32 bits per heavy atom. The van der Waals surface area contributed by atoms with Crippen molar-refractivity contribution in [2.75, 3.05) is 0 Å². The van der Waals surface area contributed by atoms with Crippen LogP contribution in [0.5, 0.6) is 0 Å². The monoisotopic (exact) mass is 283 g/mol. The van der Waals surface area contributed by atoms with E-state index in [0.717, 1.165) is 25.5 Å². The van der Waals surface area contributed by atoms with Gasteiger partial charge < -0.3 is 5.32 Å². The van der Waals surface area contributed by atoms with E-state index in [1.165, 1.54) is 6.07 Å². The number of pyridine rings is 1. The van der Waals surface area contributed by atoms with E-state index in [1.807, 2.05) is 0 Å². The summed E-state index contributed by atoms with van der Waals surface area (Å²) in [6.07, 6.45) is 4.03. The van der Waals surface area contributed by atoms with E-state index in [9.17, 15) is 14.9 Å². The van der Waals surface area contributed by atoms with Gasteiger partial charge in [-0.1, -0.05) is 24.9 Å². The number of hydrogen-bond acceptors (Lipinski definition) is 4. The van der Waals surface area contributed by atoms with Crippen LogP contribution in [0.4, 0.5) is 5.69 Å². The van der Waals surface area contributed by atoms with E-state index in [0.29, 0.717) is 5.92 Å². The number of amides is 1. The topological polar surface area (TPSA) is 85.1 Å². The summed E-state index contributed by atoms with van der Waals surface area (Å²) >= 11 is 5.70. The van der Waals surface area contributed by atoms with Crippen molar-refractivity contribution in [2.45, 2.75) is 32.2 Å². The minimum atomic E-state index is -0.629. The van der Waals surface area contributed by atoms with Crippen LogP contribution in [-0.2, 0) is 0 Å². The van der Waals surface area contributed by atoms with Crippen LogP contribution in [0.1, 0.15) is 36.5 Å². The van der Waals surface area contributed by atoms with Gasteiger partial charge in [0.25, 0.3) is 11.6 Å². The maximum absolute atomic E-state index is 12.1. The summed E-state index contributed by atoms with van der Waals surface area (Å²) in [4.78, 5) is 26.0. The lowest BCUT2D eigenvalue weighted by atomic mass is 10.1. The summed E-state index contributed by atoms with van der Waals surface area (Å²) in [7, 11) is 0. The fraction of sp³-hybridized carbons (Fsp3) is 0.500. The number of nitrogens with zero attached hydrogens (tertiary/aromatic N) is 2. The first-order valence-corrected chi connectivity index (χ1v) is 6.47. The second-order valence-electron chi connectivity index (χ2n) is 4.77. The first-order valence-electron chi connectivity index (χ1n) is 6.10. The normalized spacial score (nSPS) is 22.2. The average molecular weight is 284 g/mol. The molecule has 19 heavy (non-hydrogen) atoms. The number of carbonyl (C=O) groups excluding carboxylic acids is 1. The largest absolute Gasteiger partial charge is 0.349 e. The smallest absolute Gasteiger partial charge is 0.300 e. The predicted molar refractivity (Wildman–Crippen MR) is 70.2 cm³/mol. The molecule has 1 aromatic rings. The highest BCUT2D eigenvalue weighted by Gasteiger charge is 2.28. The molecule has 0 radical (unpaired) electrons. The maximum atomic E-state index is 12.1. The van der Waals surface area contributed by atoms with Crippen molar-refractivity contribution in [3.05, 3.63) is 33.1 Å². The van der Waals surface area contributed by atoms with Crippen LogP contribution in [0.15, 0.2) is 12.3 Å². The third-order valence-electron chi connectivity index (χ3n) is 3.47. The van der Waals surface area contributed by atoms with Crippen LogP contribution in [0.3, 0.4) is 0 Å². The summed E-state index contributed by atoms with van der Waals surface area (Å²) in [5.41, 5.74) is -0.364. The molecular weight excluding hydrogens is 270 g/mol. The van der Waals surface area contributed by atoms with Crippen molar-refractivity contribution in [2.24, 2.45) is 5.92 Å². The fourth-order valence-corrected chi connectivity index (χ4v) is 2.51. The molecule has 2 unspecified atom stereocenters. The number of aromatic nitrogens is 1. The van der Waals surface area contributed by atoms with E-state index in [1.54, 1.807) is 0 Å². The van der Waals surface area contributed by atoms with Crippen molar-refractivity contribution < 1.29 is 9.72 Å². The summed E-state index contributed by atoms with van der Waals surface area (Å²) in [6, 6.07) is 1.30. The molecule has 2 rings (SSSR count). The molecule has 0 saturated heterocycles. The highest BCUT2D eigenvalue weighted by molar-refractivity contribution is 6.29. The van der Waals surface area contributed by atoms with Crippen molar-refractivity contribution in [3.8, 4) is 0 Å². The molecule has 0 bridgehead atoms. The van der Waals surface area contributed by atoms with Crippen molar-refractivity contribution >= 4 is 23.2 Å². The number of hydrogen-bond donors (Lipinski definition) is 1. The zero-order valence-corrected chi connectivity index (χ0v) is 11.2. The predicted octanol–water partition coefficient (Wildman–Crippen LogP) is 2.56. The number of halogens is 1. The molecule has 0 aromatic carbocycles. The molecule has 7 heteroatoms. The standard InChI is InChI=1S/C12H14ClN3O3/c1-7-3-2-4-9(7)15-12(17)8-5-11(13)14-6-10(8)16(18)19/h5-7,9H,2-4H2,1H3,(H,15,17). The number of rotatable bonds is 3. The third-order valence-corrected chi connectivity index (χ3v) is 3.68. The molecule has 1 N–H and O–H groups in total. The lowest BCUT2D eigenvalue weighted by Gasteiger charge is -2.17. The summed E-state index contributed by atoms with van der Waals surface area (Å²) in [6.45, 7) is 2.06. The number of carbonyl (C=O) groups is 1. The molecule has 102 valence electrons. The van der Waals surface area contributed by atoms with Gasteiger partial charge in [0.15, 0.2) is 0 Å². The molecule has 1 aliphatic rings. The van der Waals surface area contributed by atoms with Gasteiger partial charge in [0, 0.05) is 6.04 Å². The Bertz CT molecular complexity index is 521. The lowest BCUT2D eigenvalue weighted by molar-refractivity contribution is -0.385. The first kappa shape index (κ1) is 13.7. The van der Waals surface area contributed by atoms with Crippen LogP contribution < -0.4 is 5.32 Å². The molecule has 1 amide bonds. The average Bonchev–Trinajstić information content (AvgIpc) is 2.74. The Labute approximate surface area is 115 Å². The van der Waals surface area contributed by atoms with Gasteiger partial charge in [-0.25, -0.2) is 4.98 Å². The molecule has 1 aliphatic carbocycles. The molecule has 1 aromatic heterocycles. The van der Waals surface area contributed by atoms with Crippen LogP contribution >= 0.6 is 11.6 Å². The Hall–Kier alpha value is -1.69. The molecule has 6 nitrogen and oxygen atoms in total. The Morgan fingerprint density at radius 1 is 1.58 bits per heavy atom. The second kappa shape index (κ2) is 5.52. The molecule has 1 saturated carbocycles. The van der Waals surface area contributed by atoms with Crippen LogP contribution in [0.2, 0.25) is 5.15 Å². The van der Waals surface area contributed by atoms with Gasteiger partial charge in [-0.15, -0.1) is 0 Å². The van der Waals surface area contributed by atoms with Gasteiger partial charge in [0.05, 0.1) is 4.92 Å². The Kier molecular flexibility index (Phi) is 3.99. The second-order valence-corrected chi connectivity index (χ2v) is 5.16. The van der Waals surface area contributed by atoms with Crippen molar-refractivity contribution in [1.82, 2.24) is 10.3 Å². The van der Waals surface area contributed by atoms with E-state index in [-0.39, 0.29) is 22.4 Å². The summed E-state index contributed by atoms with van der Waals surface area (Å²) < 4.78 is 0. The van der Waals surface area contributed by atoms with Crippen LogP contribution in [-0.4, -0.2) is 21.9 Å². The molecule has 0 spiro atoms. The highest BCUT2D eigenvalue weighted by Crippen LogP contribution is 2.26. The van der Waals surface area contributed by atoms with Gasteiger partial charge in [0.1, 0.15) is 16.9 Å². The maximum Gasteiger partial charge on any atom is 0.300 e. The molecule has 1 fully saturated rings. The molecule has 1 heterocycles. The zero-order chi connectivity index (χ0) is 14.0. The lowest BCUT2D eigenvalue weighted by Crippen LogP contribution is -2.36. The summed E-state index contributed by atoms with van der Waals surface area (Å²) in [5.74, 6) is -0.0740. The highest BCUT2D eigenvalue weighted by atomic mass is 35.5. The van der Waals surface area contributed by atoms with Crippen LogP contribution in [0.25, 0.3) is 0 Å². The molecule has 2 atom stereocenters. The minimum absolute atomic E-state index is 0.0379. The van der Waals surface area contributed by atoms with Gasteiger partial charge >= 0.3 is 0 Å². The quantitative estimate of drug-likeness (QED) is 0.525. The van der Waals surface area contributed by atoms with E-state index in [4.69, 9.17) is 11.6 Å². The number of nitrogens with one attached hydrogen (secondary N) is 1. The van der Waals surface area contributed by atoms with Crippen LogP contribution in [0, 0.1) is 16.0 Å². The third kappa shape index (κ3) is 3.01. The molecule has 0 aliphatic heterocycles. The van der Waals surface area contributed by atoms with Gasteiger partial charge in [-0.05, 0) is 24.8 Å². The van der Waals surface area contributed by atoms with E-state index >= 15 is 0 Å². The van der Waals surface area contributed by atoms with Gasteiger partial charge in [0.2, 0.25) is 0 Å². The number of nitro groups is 1. The summed E-state index contributed by atoms with van der Waals surface area (Å²) in [5, 5.41) is 13.8. The van der Waals surface area contributed by atoms with E-state index in [2.05, 4.69) is 17.2 Å². The van der Waals surface area contributed by atoms with E-state index < -0.39 is 10.8 Å². The fourth-order valence-electron chi connectivity index (χ4n) is 2.36. The van der Waals surface area contributed by atoms with Crippen molar-refractivity contribution in [3.63, 3.8) is 0 Å². The SMILES string of the molecule is CC1CCCC1NC(=O)c1cc(Cl)ncc1[N+](=O)[O-]. The Balaban J connectivity index is 2.22. The zero-order valence-electron chi connectivity index (χ0n) is 10.4.